The summed E-state index contributed by atoms with van der Waals surface area (Å²) in [7, 11) is 0. The number of nitrogens with one attached hydrogen (secondary N) is 1. The van der Waals surface area contributed by atoms with E-state index in [2.05, 4.69) is 12.2 Å². The van der Waals surface area contributed by atoms with E-state index >= 15 is 0 Å². The predicted octanol–water partition coefficient (Wildman–Crippen LogP) is 0.822. The molecule has 2 aliphatic heterocycles. The van der Waals surface area contributed by atoms with Crippen LogP contribution in [0.3, 0.4) is 0 Å². The predicted molar refractivity (Wildman–Crippen MR) is 55.2 cm³/mol. The maximum absolute atomic E-state index is 11.4. The summed E-state index contributed by atoms with van der Waals surface area (Å²) in [6, 6.07) is -0.0960. The highest BCUT2D eigenvalue weighted by Gasteiger charge is 2.36. The van der Waals surface area contributed by atoms with Crippen molar-refractivity contribution in [2.45, 2.75) is 31.1 Å². The Morgan fingerprint density at radius 2 is 2.21 bits per heavy atom. The monoisotopic (exact) mass is 214 g/mol. The summed E-state index contributed by atoms with van der Waals surface area (Å²) in [6.07, 6.45) is 2.04. The van der Waals surface area contributed by atoms with E-state index in [1.165, 1.54) is 4.90 Å². The molecule has 0 aliphatic carbocycles. The highest BCUT2D eigenvalue weighted by molar-refractivity contribution is 7.99. The van der Waals surface area contributed by atoms with Gasteiger partial charge in [0.2, 0.25) is 5.91 Å². The minimum atomic E-state index is -0.213. The molecule has 4 nitrogen and oxygen atoms in total. The van der Waals surface area contributed by atoms with Crippen LogP contribution in [-0.2, 0) is 4.79 Å². The first kappa shape index (κ1) is 9.83. The zero-order valence-corrected chi connectivity index (χ0v) is 8.97. The van der Waals surface area contributed by atoms with Crippen LogP contribution in [0.5, 0.6) is 0 Å². The van der Waals surface area contributed by atoms with Gasteiger partial charge in [0.25, 0.3) is 0 Å². The molecule has 3 amide bonds. The fourth-order valence-electron chi connectivity index (χ4n) is 1.88. The lowest BCUT2D eigenvalue weighted by molar-refractivity contribution is -0.126. The summed E-state index contributed by atoms with van der Waals surface area (Å²) in [5, 5.41) is 3.22. The van der Waals surface area contributed by atoms with Gasteiger partial charge in [0.15, 0.2) is 0 Å². The van der Waals surface area contributed by atoms with Gasteiger partial charge in [-0.3, -0.25) is 9.69 Å². The van der Waals surface area contributed by atoms with Gasteiger partial charge in [-0.05, 0) is 12.8 Å². The first-order valence-electron chi connectivity index (χ1n) is 4.90. The lowest BCUT2D eigenvalue weighted by Crippen LogP contribution is -2.44. The molecule has 1 N–H and O–H groups in total. The van der Waals surface area contributed by atoms with E-state index in [1.54, 1.807) is 0 Å². The Hall–Kier alpha value is -0.710. The van der Waals surface area contributed by atoms with Crippen molar-refractivity contribution >= 4 is 23.7 Å². The number of nitrogens with zero attached hydrogens (tertiary/aromatic N) is 1. The van der Waals surface area contributed by atoms with Gasteiger partial charge < -0.3 is 5.32 Å². The molecule has 0 bridgehead atoms. The summed E-state index contributed by atoms with van der Waals surface area (Å²) in [6.45, 7) is 2.36. The van der Waals surface area contributed by atoms with E-state index in [1.807, 2.05) is 11.8 Å². The first-order valence-corrected chi connectivity index (χ1v) is 5.95. The molecular weight excluding hydrogens is 200 g/mol. The molecule has 0 radical (unpaired) electrons. The Balaban J connectivity index is 2.00. The number of amides is 3. The van der Waals surface area contributed by atoms with E-state index in [0.29, 0.717) is 5.25 Å². The lowest BCUT2D eigenvalue weighted by Gasteiger charge is -2.30. The molecule has 0 aromatic carbocycles. The molecule has 0 aromatic rings. The van der Waals surface area contributed by atoms with E-state index in [9.17, 15) is 9.59 Å². The molecule has 5 heteroatoms. The molecule has 2 saturated heterocycles. The molecule has 2 rings (SSSR count). The number of hydrogen-bond acceptors (Lipinski definition) is 3. The molecule has 2 atom stereocenters. The van der Waals surface area contributed by atoms with Crippen LogP contribution in [0.25, 0.3) is 0 Å². The Morgan fingerprint density at radius 1 is 1.43 bits per heavy atom. The second-order valence-electron chi connectivity index (χ2n) is 3.80. The zero-order chi connectivity index (χ0) is 10.1. The van der Waals surface area contributed by atoms with Crippen LogP contribution >= 0.6 is 11.8 Å². The minimum Gasteiger partial charge on any atom is -0.329 e. The number of imide groups is 1. The van der Waals surface area contributed by atoms with Crippen molar-refractivity contribution in [3.05, 3.63) is 0 Å². The summed E-state index contributed by atoms with van der Waals surface area (Å²) >= 11 is 1.84. The first-order chi connectivity index (χ1) is 6.68. The summed E-state index contributed by atoms with van der Waals surface area (Å²) in [4.78, 5) is 24.2. The summed E-state index contributed by atoms with van der Waals surface area (Å²) in [5.41, 5.74) is 0. The van der Waals surface area contributed by atoms with Gasteiger partial charge in [-0.1, -0.05) is 6.92 Å². The van der Waals surface area contributed by atoms with E-state index < -0.39 is 0 Å². The van der Waals surface area contributed by atoms with Crippen LogP contribution in [-0.4, -0.2) is 40.4 Å². The van der Waals surface area contributed by atoms with Gasteiger partial charge in [-0.2, -0.15) is 11.8 Å². The molecule has 2 heterocycles. The SMILES string of the molecule is CC1CCC(N2C(=O)CNC2=O)CS1. The molecule has 14 heavy (non-hydrogen) atoms. The summed E-state index contributed by atoms with van der Waals surface area (Å²) in [5.74, 6) is 0.815. The number of urea groups is 1. The second-order valence-corrected chi connectivity index (χ2v) is 5.27. The van der Waals surface area contributed by atoms with E-state index in [-0.39, 0.29) is 24.5 Å². The average molecular weight is 214 g/mol. The Morgan fingerprint density at radius 3 is 2.71 bits per heavy atom. The zero-order valence-electron chi connectivity index (χ0n) is 8.16. The van der Waals surface area contributed by atoms with Crippen LogP contribution in [0.15, 0.2) is 0 Å². The number of rotatable bonds is 1. The van der Waals surface area contributed by atoms with Crippen LogP contribution < -0.4 is 5.32 Å². The molecule has 2 aliphatic rings. The van der Waals surface area contributed by atoms with Gasteiger partial charge in [0, 0.05) is 11.0 Å². The van der Waals surface area contributed by atoms with Crippen molar-refractivity contribution in [1.82, 2.24) is 10.2 Å². The molecule has 0 spiro atoms. The Bertz CT molecular complexity index is 246. The highest BCUT2D eigenvalue weighted by Crippen LogP contribution is 2.28. The minimum absolute atomic E-state index is 0.0739. The van der Waals surface area contributed by atoms with Gasteiger partial charge in [-0.25, -0.2) is 4.79 Å². The molecule has 0 saturated carbocycles. The number of thioether (sulfide) groups is 1. The average Bonchev–Trinajstić information content (AvgIpc) is 2.49. The Labute approximate surface area is 87.4 Å². The fourth-order valence-corrected chi connectivity index (χ4v) is 3.05. The number of carbonyl (C=O) groups excluding carboxylic acids is 2. The van der Waals surface area contributed by atoms with Gasteiger partial charge in [0.1, 0.15) is 0 Å². The van der Waals surface area contributed by atoms with E-state index in [4.69, 9.17) is 0 Å². The van der Waals surface area contributed by atoms with Crippen molar-refractivity contribution in [3.8, 4) is 0 Å². The van der Waals surface area contributed by atoms with Crippen LogP contribution in [0.1, 0.15) is 19.8 Å². The maximum atomic E-state index is 11.4. The Kier molecular flexibility index (Phi) is 2.67. The van der Waals surface area contributed by atoms with Crippen molar-refractivity contribution in [2.24, 2.45) is 0 Å². The quantitative estimate of drug-likeness (QED) is 0.657. The second kappa shape index (κ2) is 3.81. The normalized spacial score (nSPS) is 33.4. The van der Waals surface area contributed by atoms with Crippen molar-refractivity contribution in [1.29, 1.82) is 0 Å². The topological polar surface area (TPSA) is 49.4 Å². The van der Waals surface area contributed by atoms with Crippen LogP contribution in [0.2, 0.25) is 0 Å². The third-order valence-electron chi connectivity index (χ3n) is 2.72. The van der Waals surface area contributed by atoms with Crippen molar-refractivity contribution in [2.75, 3.05) is 12.3 Å². The number of carbonyl (C=O) groups is 2. The largest absolute Gasteiger partial charge is 0.329 e. The third kappa shape index (κ3) is 1.73. The molecule has 2 unspecified atom stereocenters. The third-order valence-corrected chi connectivity index (χ3v) is 4.10. The molecule has 0 aromatic heterocycles. The van der Waals surface area contributed by atoms with Gasteiger partial charge >= 0.3 is 6.03 Å². The van der Waals surface area contributed by atoms with Crippen molar-refractivity contribution in [3.63, 3.8) is 0 Å². The molecule has 78 valence electrons. The summed E-state index contributed by atoms with van der Waals surface area (Å²) < 4.78 is 0. The van der Waals surface area contributed by atoms with Crippen LogP contribution in [0.4, 0.5) is 4.79 Å². The molecule has 2 fully saturated rings. The lowest BCUT2D eigenvalue weighted by atomic mass is 10.1. The fraction of sp³-hybridized carbons (Fsp3) is 0.778. The number of hydrogen-bond donors (Lipinski definition) is 1. The standard InChI is InChI=1S/C9H14N2O2S/c1-6-2-3-7(5-14-6)11-8(12)4-10-9(11)13/h6-7H,2-5H2,1H3,(H,10,13). The van der Waals surface area contributed by atoms with Gasteiger partial charge in [-0.15, -0.1) is 0 Å². The highest BCUT2D eigenvalue weighted by atomic mass is 32.2. The van der Waals surface area contributed by atoms with Crippen LogP contribution in [0, 0.1) is 0 Å². The maximum Gasteiger partial charge on any atom is 0.324 e. The van der Waals surface area contributed by atoms with Crippen molar-refractivity contribution < 1.29 is 9.59 Å². The van der Waals surface area contributed by atoms with Gasteiger partial charge in [0.05, 0.1) is 12.6 Å². The smallest absolute Gasteiger partial charge is 0.324 e. The van der Waals surface area contributed by atoms with E-state index in [0.717, 1.165) is 18.6 Å². The molecular formula is C9H14N2O2S.